The van der Waals surface area contributed by atoms with E-state index in [2.05, 4.69) is 0 Å². The Morgan fingerprint density at radius 3 is 2.32 bits per heavy atom. The van der Waals surface area contributed by atoms with Crippen molar-refractivity contribution in [1.82, 2.24) is 4.57 Å². The summed E-state index contributed by atoms with van der Waals surface area (Å²) in [5.74, 6) is -0.827. The van der Waals surface area contributed by atoms with Crippen molar-refractivity contribution in [3.63, 3.8) is 0 Å². The first-order valence-electron chi connectivity index (χ1n) is 9.93. The Kier molecular flexibility index (Phi) is 5.57. The zero-order chi connectivity index (χ0) is 22.1. The number of benzene rings is 3. The molecule has 0 amide bonds. The van der Waals surface area contributed by atoms with Crippen molar-refractivity contribution in [3.8, 4) is 5.88 Å². The van der Waals surface area contributed by atoms with Gasteiger partial charge in [0.1, 0.15) is 0 Å². The highest BCUT2D eigenvalue weighted by Crippen LogP contribution is 2.41. The second kappa shape index (κ2) is 8.32. The van der Waals surface area contributed by atoms with Crippen molar-refractivity contribution in [2.45, 2.75) is 20.4 Å². The predicted octanol–water partition coefficient (Wildman–Crippen LogP) is 6.59. The van der Waals surface area contributed by atoms with Gasteiger partial charge in [-0.3, -0.25) is 0 Å². The molecule has 0 fully saturated rings. The molecule has 0 aliphatic carbocycles. The van der Waals surface area contributed by atoms with Gasteiger partial charge in [-0.25, -0.2) is 4.79 Å². The SMILES string of the molecule is CC(C)=C(c1ccc(Cl)cc1)c1c(O)n(Cc2cccc(C(=O)O)c2)c2ccccc12. The third-order valence-corrected chi connectivity index (χ3v) is 5.59. The number of aromatic nitrogens is 1. The number of carboxylic acid groups (broad SMARTS) is 1. The van der Waals surface area contributed by atoms with Gasteiger partial charge in [0.25, 0.3) is 0 Å². The molecule has 1 aromatic heterocycles. The van der Waals surface area contributed by atoms with Crippen LogP contribution in [0.2, 0.25) is 5.02 Å². The number of rotatable bonds is 5. The summed E-state index contributed by atoms with van der Waals surface area (Å²) < 4.78 is 1.82. The molecule has 31 heavy (non-hydrogen) atoms. The number of carboxylic acids is 1. The molecule has 156 valence electrons. The molecule has 4 nitrogen and oxygen atoms in total. The minimum Gasteiger partial charge on any atom is -0.494 e. The molecule has 3 aromatic carbocycles. The molecule has 5 heteroatoms. The fourth-order valence-corrected chi connectivity index (χ4v) is 4.11. The standard InChI is InChI=1S/C26H22ClNO3/c1-16(2)23(18-10-12-20(27)13-11-18)24-21-8-3-4-9-22(21)28(25(24)29)15-17-6-5-7-19(14-17)26(30)31/h3-14,29H,15H2,1-2H3,(H,30,31). The second-order valence-electron chi connectivity index (χ2n) is 7.69. The highest BCUT2D eigenvalue weighted by molar-refractivity contribution is 6.30. The molecule has 0 radical (unpaired) electrons. The third kappa shape index (κ3) is 3.94. The van der Waals surface area contributed by atoms with Crippen LogP contribution in [-0.2, 0) is 6.54 Å². The van der Waals surface area contributed by atoms with Crippen LogP contribution < -0.4 is 0 Å². The van der Waals surface area contributed by atoms with Crippen LogP contribution in [0.15, 0.2) is 78.4 Å². The Morgan fingerprint density at radius 2 is 1.65 bits per heavy atom. The van der Waals surface area contributed by atoms with E-state index in [1.54, 1.807) is 18.2 Å². The minimum atomic E-state index is -0.973. The van der Waals surface area contributed by atoms with E-state index in [9.17, 15) is 15.0 Å². The van der Waals surface area contributed by atoms with Crippen LogP contribution in [0, 0.1) is 0 Å². The number of carbonyl (C=O) groups is 1. The van der Waals surface area contributed by atoms with E-state index >= 15 is 0 Å². The molecule has 1 heterocycles. The summed E-state index contributed by atoms with van der Waals surface area (Å²) in [5.41, 5.74) is 5.63. The molecule has 0 spiro atoms. The number of hydrogen-bond donors (Lipinski definition) is 2. The van der Waals surface area contributed by atoms with E-state index < -0.39 is 5.97 Å². The van der Waals surface area contributed by atoms with Gasteiger partial charge in [0.15, 0.2) is 0 Å². The maximum Gasteiger partial charge on any atom is 0.335 e. The lowest BCUT2D eigenvalue weighted by atomic mass is 9.93. The van der Waals surface area contributed by atoms with Crippen molar-refractivity contribution < 1.29 is 15.0 Å². The molecule has 0 saturated heterocycles. The van der Waals surface area contributed by atoms with Gasteiger partial charge in [-0.05, 0) is 60.9 Å². The zero-order valence-corrected chi connectivity index (χ0v) is 18.0. The number of halogens is 1. The summed E-state index contributed by atoms with van der Waals surface area (Å²) >= 11 is 6.09. The molecular weight excluding hydrogens is 410 g/mol. The number of hydrogen-bond acceptors (Lipinski definition) is 2. The van der Waals surface area contributed by atoms with Gasteiger partial charge in [-0.2, -0.15) is 0 Å². The van der Waals surface area contributed by atoms with E-state index in [1.165, 1.54) is 0 Å². The predicted molar refractivity (Wildman–Crippen MR) is 125 cm³/mol. The minimum absolute atomic E-state index is 0.146. The monoisotopic (exact) mass is 431 g/mol. The van der Waals surface area contributed by atoms with E-state index in [1.807, 2.05) is 73.0 Å². The summed E-state index contributed by atoms with van der Waals surface area (Å²) in [6.45, 7) is 4.39. The largest absolute Gasteiger partial charge is 0.494 e. The van der Waals surface area contributed by atoms with Gasteiger partial charge in [-0.15, -0.1) is 0 Å². The van der Waals surface area contributed by atoms with Crippen LogP contribution in [0.4, 0.5) is 0 Å². The molecule has 0 atom stereocenters. The summed E-state index contributed by atoms with van der Waals surface area (Å²) in [6.07, 6.45) is 0. The molecule has 0 bridgehead atoms. The average molecular weight is 432 g/mol. The van der Waals surface area contributed by atoms with Crippen molar-refractivity contribution in [1.29, 1.82) is 0 Å². The Labute approximate surface area is 185 Å². The van der Waals surface area contributed by atoms with Gasteiger partial charge < -0.3 is 14.8 Å². The van der Waals surface area contributed by atoms with E-state index in [0.717, 1.165) is 38.7 Å². The summed E-state index contributed by atoms with van der Waals surface area (Å²) in [5, 5.41) is 22.3. The van der Waals surface area contributed by atoms with Crippen molar-refractivity contribution in [2.75, 3.05) is 0 Å². The fraction of sp³-hybridized carbons (Fsp3) is 0.115. The van der Waals surface area contributed by atoms with Crippen molar-refractivity contribution in [2.24, 2.45) is 0 Å². The molecular formula is C26H22ClNO3. The van der Waals surface area contributed by atoms with E-state index in [-0.39, 0.29) is 11.4 Å². The van der Waals surface area contributed by atoms with Crippen molar-refractivity contribution >= 4 is 34.0 Å². The topological polar surface area (TPSA) is 62.5 Å². The number of allylic oxidation sites excluding steroid dienone is 1. The van der Waals surface area contributed by atoms with Gasteiger partial charge in [0.05, 0.1) is 23.2 Å². The fourth-order valence-electron chi connectivity index (χ4n) is 3.98. The van der Waals surface area contributed by atoms with Crippen LogP contribution >= 0.6 is 11.6 Å². The number of aromatic hydroxyl groups is 1. The summed E-state index contributed by atoms with van der Waals surface area (Å²) in [4.78, 5) is 11.4. The van der Waals surface area contributed by atoms with Crippen LogP contribution in [0.3, 0.4) is 0 Å². The highest BCUT2D eigenvalue weighted by Gasteiger charge is 2.22. The Morgan fingerprint density at radius 1 is 0.935 bits per heavy atom. The van der Waals surface area contributed by atoms with Gasteiger partial charge in [0, 0.05) is 10.4 Å². The maximum atomic E-state index is 11.4. The first kappa shape index (κ1) is 20.8. The van der Waals surface area contributed by atoms with Crippen LogP contribution in [0.1, 0.15) is 40.9 Å². The summed E-state index contributed by atoms with van der Waals surface area (Å²) in [6, 6.07) is 22.2. The Balaban J connectivity index is 1.91. The number of fused-ring (bicyclic) bond motifs is 1. The molecule has 2 N–H and O–H groups in total. The average Bonchev–Trinajstić information content (AvgIpc) is 3.02. The number of aromatic carboxylic acids is 1. The molecule has 4 aromatic rings. The van der Waals surface area contributed by atoms with Crippen LogP contribution in [0.25, 0.3) is 16.5 Å². The lowest BCUT2D eigenvalue weighted by Crippen LogP contribution is -2.02. The van der Waals surface area contributed by atoms with Crippen LogP contribution in [0.5, 0.6) is 5.88 Å². The molecule has 0 aliphatic rings. The Hall–Kier alpha value is -3.50. The zero-order valence-electron chi connectivity index (χ0n) is 17.3. The van der Waals surface area contributed by atoms with Crippen LogP contribution in [-0.4, -0.2) is 20.7 Å². The lowest BCUT2D eigenvalue weighted by Gasteiger charge is -2.12. The van der Waals surface area contributed by atoms with Crippen molar-refractivity contribution in [3.05, 3.63) is 106 Å². The number of nitrogens with zero attached hydrogens (tertiary/aromatic N) is 1. The Bertz CT molecular complexity index is 1310. The van der Waals surface area contributed by atoms with E-state index in [0.29, 0.717) is 11.6 Å². The maximum absolute atomic E-state index is 11.4. The van der Waals surface area contributed by atoms with Gasteiger partial charge in [-0.1, -0.05) is 59.6 Å². The molecule has 0 unspecified atom stereocenters. The smallest absolute Gasteiger partial charge is 0.335 e. The number of para-hydroxylation sites is 1. The second-order valence-corrected chi connectivity index (χ2v) is 8.13. The molecule has 0 aliphatic heterocycles. The normalized spacial score (nSPS) is 10.9. The summed E-state index contributed by atoms with van der Waals surface area (Å²) in [7, 11) is 0. The first-order valence-corrected chi connectivity index (χ1v) is 10.3. The highest BCUT2D eigenvalue weighted by atomic mass is 35.5. The quantitative estimate of drug-likeness (QED) is 0.374. The molecule has 0 saturated carbocycles. The van der Waals surface area contributed by atoms with E-state index in [4.69, 9.17) is 11.6 Å². The van der Waals surface area contributed by atoms with Gasteiger partial charge >= 0.3 is 5.97 Å². The first-order chi connectivity index (χ1) is 14.9. The third-order valence-electron chi connectivity index (χ3n) is 5.34. The molecule has 4 rings (SSSR count). The lowest BCUT2D eigenvalue weighted by molar-refractivity contribution is 0.0696. The van der Waals surface area contributed by atoms with Gasteiger partial charge in [0.2, 0.25) is 5.88 Å².